The van der Waals surface area contributed by atoms with E-state index < -0.39 is 0 Å². The Bertz CT molecular complexity index is 532. The lowest BCUT2D eigenvalue weighted by Gasteiger charge is -2.07. The number of aryl methyl sites for hydroxylation is 1. The molecule has 0 aliphatic rings. The number of hydrogen-bond acceptors (Lipinski definition) is 3. The summed E-state index contributed by atoms with van der Waals surface area (Å²) in [4.78, 5) is 2.15. The van der Waals surface area contributed by atoms with E-state index >= 15 is 0 Å². The van der Waals surface area contributed by atoms with Gasteiger partial charge in [0.15, 0.2) is 0 Å². The maximum atomic E-state index is 6.00. The van der Waals surface area contributed by atoms with E-state index in [0.717, 1.165) is 9.79 Å². The first-order valence-electron chi connectivity index (χ1n) is 5.15. The topological polar surface area (TPSA) is 52.0 Å². The summed E-state index contributed by atoms with van der Waals surface area (Å²) in [6, 6.07) is 11.9. The van der Waals surface area contributed by atoms with Crippen molar-refractivity contribution in [3.05, 3.63) is 47.0 Å². The molecule has 0 saturated heterocycles. The molecule has 0 aromatic heterocycles. The Labute approximate surface area is 110 Å². The zero-order valence-electron chi connectivity index (χ0n) is 9.41. The van der Waals surface area contributed by atoms with Gasteiger partial charge in [-0.25, -0.2) is 0 Å². The lowest BCUT2D eigenvalue weighted by atomic mass is 10.2. The summed E-state index contributed by atoms with van der Waals surface area (Å²) in [5.41, 5.74) is 13.7. The monoisotopic (exact) mass is 264 g/mol. The molecule has 0 fully saturated rings. The van der Waals surface area contributed by atoms with Gasteiger partial charge in [0.2, 0.25) is 0 Å². The van der Waals surface area contributed by atoms with E-state index in [1.165, 1.54) is 5.56 Å². The minimum absolute atomic E-state index is 0.445. The van der Waals surface area contributed by atoms with Crippen LogP contribution in [0, 0.1) is 6.92 Å². The molecule has 4 heteroatoms. The van der Waals surface area contributed by atoms with Gasteiger partial charge in [-0.05, 0) is 31.2 Å². The van der Waals surface area contributed by atoms with Crippen LogP contribution in [0.5, 0.6) is 0 Å². The molecule has 2 rings (SSSR count). The highest BCUT2D eigenvalue weighted by Crippen LogP contribution is 2.35. The Kier molecular flexibility index (Phi) is 3.50. The number of hydrogen-bond donors (Lipinski definition) is 2. The summed E-state index contributed by atoms with van der Waals surface area (Å²) >= 11 is 7.62. The van der Waals surface area contributed by atoms with E-state index in [1.807, 2.05) is 18.2 Å². The lowest BCUT2D eigenvalue weighted by Crippen LogP contribution is -1.95. The van der Waals surface area contributed by atoms with Crippen LogP contribution >= 0.6 is 23.4 Å². The van der Waals surface area contributed by atoms with Crippen LogP contribution in [0.3, 0.4) is 0 Å². The zero-order valence-corrected chi connectivity index (χ0v) is 11.0. The fourth-order valence-corrected chi connectivity index (χ4v) is 2.80. The first kappa shape index (κ1) is 12.1. The van der Waals surface area contributed by atoms with Gasteiger partial charge >= 0.3 is 0 Å². The summed E-state index contributed by atoms with van der Waals surface area (Å²) < 4.78 is 0. The van der Waals surface area contributed by atoms with Crippen LogP contribution in [0.4, 0.5) is 11.4 Å². The normalized spacial score (nSPS) is 10.5. The van der Waals surface area contributed by atoms with Gasteiger partial charge < -0.3 is 11.5 Å². The van der Waals surface area contributed by atoms with Crippen molar-refractivity contribution in [2.75, 3.05) is 11.5 Å². The molecule has 17 heavy (non-hydrogen) atoms. The predicted octanol–water partition coefficient (Wildman–Crippen LogP) is 3.96. The number of rotatable bonds is 2. The summed E-state index contributed by atoms with van der Waals surface area (Å²) in [6.45, 7) is 2.06. The number of nitrogens with two attached hydrogens (primary N) is 2. The van der Waals surface area contributed by atoms with E-state index in [9.17, 15) is 0 Å². The van der Waals surface area contributed by atoms with Crippen LogP contribution in [0.25, 0.3) is 0 Å². The standard InChI is InChI=1S/C13H13ClN2S/c1-8-3-2-4-9(5-8)17-10-6-11(14)13(16)12(15)7-10/h2-7H,15-16H2,1H3. The van der Waals surface area contributed by atoms with Gasteiger partial charge in [-0.1, -0.05) is 41.1 Å². The molecule has 0 aliphatic carbocycles. The fourth-order valence-electron chi connectivity index (χ4n) is 1.49. The molecule has 0 saturated carbocycles. The summed E-state index contributed by atoms with van der Waals surface area (Å²) in [7, 11) is 0. The van der Waals surface area contributed by atoms with Crippen molar-refractivity contribution in [2.45, 2.75) is 16.7 Å². The highest BCUT2D eigenvalue weighted by Gasteiger charge is 2.05. The molecule has 0 spiro atoms. The minimum atomic E-state index is 0.445. The maximum absolute atomic E-state index is 6.00. The molecule has 0 bridgehead atoms. The van der Waals surface area contributed by atoms with Crippen LogP contribution in [0.2, 0.25) is 5.02 Å². The third-order valence-electron chi connectivity index (χ3n) is 2.36. The maximum Gasteiger partial charge on any atom is 0.0737 e. The Morgan fingerprint density at radius 2 is 1.82 bits per heavy atom. The van der Waals surface area contributed by atoms with Crippen LogP contribution < -0.4 is 11.5 Å². The third-order valence-corrected chi connectivity index (χ3v) is 3.63. The van der Waals surface area contributed by atoms with Gasteiger partial charge in [0.05, 0.1) is 16.4 Å². The van der Waals surface area contributed by atoms with E-state index in [2.05, 4.69) is 25.1 Å². The molecule has 2 nitrogen and oxygen atoms in total. The van der Waals surface area contributed by atoms with Gasteiger partial charge in [-0.2, -0.15) is 0 Å². The highest BCUT2D eigenvalue weighted by atomic mass is 35.5. The summed E-state index contributed by atoms with van der Waals surface area (Å²) in [6.07, 6.45) is 0. The minimum Gasteiger partial charge on any atom is -0.397 e. The van der Waals surface area contributed by atoms with Gasteiger partial charge in [-0.15, -0.1) is 0 Å². The number of nitrogen functional groups attached to an aromatic ring is 2. The molecule has 0 atom stereocenters. The second-order valence-electron chi connectivity index (χ2n) is 3.83. The Balaban J connectivity index is 2.31. The number of benzene rings is 2. The van der Waals surface area contributed by atoms with Crippen molar-refractivity contribution >= 4 is 34.7 Å². The van der Waals surface area contributed by atoms with Crippen molar-refractivity contribution in [2.24, 2.45) is 0 Å². The molecule has 0 unspecified atom stereocenters. The molecule has 0 radical (unpaired) electrons. The SMILES string of the molecule is Cc1cccc(Sc2cc(N)c(N)c(Cl)c2)c1. The van der Waals surface area contributed by atoms with Crippen molar-refractivity contribution < 1.29 is 0 Å². The molecule has 88 valence electrons. The van der Waals surface area contributed by atoms with Gasteiger partial charge in [0.25, 0.3) is 0 Å². The van der Waals surface area contributed by atoms with Gasteiger partial charge in [0, 0.05) is 9.79 Å². The quantitative estimate of drug-likeness (QED) is 0.807. The predicted molar refractivity (Wildman–Crippen MR) is 75.6 cm³/mol. The Morgan fingerprint density at radius 3 is 2.47 bits per heavy atom. The molecule has 0 amide bonds. The zero-order chi connectivity index (χ0) is 12.4. The summed E-state index contributed by atoms with van der Waals surface area (Å²) in [5.74, 6) is 0. The van der Waals surface area contributed by atoms with Crippen molar-refractivity contribution in [1.29, 1.82) is 0 Å². The number of halogens is 1. The van der Waals surface area contributed by atoms with Crippen molar-refractivity contribution in [3.8, 4) is 0 Å². The van der Waals surface area contributed by atoms with Crippen LogP contribution in [0.15, 0.2) is 46.2 Å². The summed E-state index contributed by atoms with van der Waals surface area (Å²) in [5, 5.41) is 0.500. The number of anilines is 2. The third kappa shape index (κ3) is 2.87. The molecule has 2 aromatic rings. The van der Waals surface area contributed by atoms with Crippen LogP contribution in [-0.4, -0.2) is 0 Å². The molecule has 4 N–H and O–H groups in total. The van der Waals surface area contributed by atoms with E-state index in [1.54, 1.807) is 11.8 Å². The lowest BCUT2D eigenvalue weighted by molar-refractivity contribution is 1.35. The molecule has 2 aromatic carbocycles. The smallest absolute Gasteiger partial charge is 0.0737 e. The highest BCUT2D eigenvalue weighted by molar-refractivity contribution is 7.99. The molecular formula is C13H13ClN2S. The van der Waals surface area contributed by atoms with Crippen molar-refractivity contribution in [3.63, 3.8) is 0 Å². The fraction of sp³-hybridized carbons (Fsp3) is 0.0769. The van der Waals surface area contributed by atoms with E-state index in [0.29, 0.717) is 16.4 Å². The first-order valence-corrected chi connectivity index (χ1v) is 6.35. The van der Waals surface area contributed by atoms with Crippen molar-refractivity contribution in [1.82, 2.24) is 0 Å². The second-order valence-corrected chi connectivity index (χ2v) is 5.38. The molecule has 0 heterocycles. The molecule has 0 aliphatic heterocycles. The Morgan fingerprint density at radius 1 is 1.06 bits per heavy atom. The van der Waals surface area contributed by atoms with Gasteiger partial charge in [-0.3, -0.25) is 0 Å². The van der Waals surface area contributed by atoms with E-state index in [-0.39, 0.29) is 0 Å². The average molecular weight is 265 g/mol. The molecular weight excluding hydrogens is 252 g/mol. The first-order chi connectivity index (χ1) is 8.06. The van der Waals surface area contributed by atoms with Crippen LogP contribution in [-0.2, 0) is 0 Å². The largest absolute Gasteiger partial charge is 0.397 e. The van der Waals surface area contributed by atoms with E-state index in [4.69, 9.17) is 23.1 Å². The second kappa shape index (κ2) is 4.90. The van der Waals surface area contributed by atoms with Gasteiger partial charge in [0.1, 0.15) is 0 Å². The average Bonchev–Trinajstić information content (AvgIpc) is 2.26. The Hall–Kier alpha value is -1.32. The van der Waals surface area contributed by atoms with Crippen LogP contribution in [0.1, 0.15) is 5.56 Å².